The number of hydrogen-bond acceptors (Lipinski definition) is 5. The highest BCUT2D eigenvalue weighted by Gasteiger charge is 2.79. The Morgan fingerprint density at radius 1 is 1.16 bits per heavy atom. The van der Waals surface area contributed by atoms with Gasteiger partial charge in [-0.25, -0.2) is 0 Å². The van der Waals surface area contributed by atoms with Crippen LogP contribution in [0.25, 0.3) is 0 Å². The van der Waals surface area contributed by atoms with Crippen LogP contribution in [0.4, 0.5) is 0 Å². The van der Waals surface area contributed by atoms with Gasteiger partial charge in [-0.1, -0.05) is 59.6 Å². The minimum Gasteiger partial charge on any atom is -0.462 e. The Bertz CT molecular complexity index is 997. The van der Waals surface area contributed by atoms with E-state index in [2.05, 4.69) is 54.5 Å². The molecule has 208 valence electrons. The number of cyclic esters (lactones) is 1. The number of allylic oxidation sites excluding steroid dienone is 2. The molecule has 5 nitrogen and oxygen atoms in total. The van der Waals surface area contributed by atoms with Gasteiger partial charge >= 0.3 is 11.9 Å². The van der Waals surface area contributed by atoms with Crippen LogP contribution in [0.2, 0.25) is 0 Å². The zero-order valence-electron chi connectivity index (χ0n) is 24.5. The molecular formula is C32H50O5. The minimum atomic E-state index is -0.644. The molecule has 1 N–H and O–H groups in total. The fourth-order valence-electron chi connectivity index (χ4n) is 10.6. The molecule has 5 heteroatoms. The van der Waals surface area contributed by atoms with Gasteiger partial charge in [0.2, 0.25) is 0 Å². The van der Waals surface area contributed by atoms with Gasteiger partial charge in [0.15, 0.2) is 0 Å². The van der Waals surface area contributed by atoms with Gasteiger partial charge in [0.25, 0.3) is 0 Å². The third kappa shape index (κ3) is 3.57. The lowest BCUT2D eigenvalue weighted by molar-refractivity contribution is -0.163. The van der Waals surface area contributed by atoms with Gasteiger partial charge in [0, 0.05) is 12.3 Å². The lowest BCUT2D eigenvalue weighted by Gasteiger charge is -2.63. The van der Waals surface area contributed by atoms with E-state index in [0.717, 1.165) is 51.4 Å². The maximum absolute atomic E-state index is 14.1. The first-order chi connectivity index (χ1) is 17.1. The standard InChI is InChI=1S/C32H50O5/c1-19(2)10-9-15-31(8)26-23(36-20(3)33)18-30(7)22-11-12-24-28(4,5)25(34)14-16-29(24,6)21(22)13-17-32(26,30)27(35)37-31/h11,19,21,23-26,34H,9-10,12-18H2,1-8H3/t21-,23-,24+,25+,26-,29-,30-,31+,32+/m1/s1. The molecule has 0 aromatic rings. The van der Waals surface area contributed by atoms with Crippen LogP contribution >= 0.6 is 0 Å². The Balaban J connectivity index is 1.58. The summed E-state index contributed by atoms with van der Waals surface area (Å²) in [6, 6.07) is 0. The zero-order chi connectivity index (χ0) is 27.2. The fourth-order valence-corrected chi connectivity index (χ4v) is 10.6. The van der Waals surface area contributed by atoms with Crippen LogP contribution in [0.5, 0.6) is 0 Å². The van der Waals surface area contributed by atoms with Crippen LogP contribution in [0.15, 0.2) is 11.6 Å². The topological polar surface area (TPSA) is 72.8 Å². The molecule has 0 unspecified atom stereocenters. The number of aliphatic hydroxyl groups excluding tert-OH is 1. The minimum absolute atomic E-state index is 0.0623. The number of esters is 2. The van der Waals surface area contributed by atoms with E-state index in [1.807, 2.05) is 0 Å². The largest absolute Gasteiger partial charge is 0.462 e. The van der Waals surface area contributed by atoms with Gasteiger partial charge in [-0.05, 0) is 86.9 Å². The first kappa shape index (κ1) is 27.2. The van der Waals surface area contributed by atoms with Gasteiger partial charge in [0.1, 0.15) is 11.7 Å². The molecule has 37 heavy (non-hydrogen) atoms. The normalized spacial score (nSPS) is 47.9. The van der Waals surface area contributed by atoms with E-state index in [9.17, 15) is 14.7 Å². The first-order valence-electron chi connectivity index (χ1n) is 14.9. The Labute approximate surface area is 224 Å². The summed E-state index contributed by atoms with van der Waals surface area (Å²) in [6.07, 6.45) is 9.98. The number of ether oxygens (including phenoxy) is 2. The highest BCUT2D eigenvalue weighted by Crippen LogP contribution is 2.76. The molecule has 3 saturated carbocycles. The Hall–Kier alpha value is -1.36. The molecule has 0 aromatic carbocycles. The van der Waals surface area contributed by atoms with Crippen LogP contribution in [-0.4, -0.2) is 34.9 Å². The molecule has 1 spiro atoms. The number of carbonyl (C=O) groups is 2. The maximum atomic E-state index is 14.1. The van der Waals surface area contributed by atoms with Crippen molar-refractivity contribution >= 4 is 11.9 Å². The van der Waals surface area contributed by atoms with E-state index >= 15 is 0 Å². The monoisotopic (exact) mass is 514 g/mol. The van der Waals surface area contributed by atoms with E-state index in [-0.39, 0.29) is 46.3 Å². The zero-order valence-corrected chi connectivity index (χ0v) is 24.5. The number of hydrogen-bond donors (Lipinski definition) is 1. The van der Waals surface area contributed by atoms with E-state index in [1.54, 1.807) is 0 Å². The maximum Gasteiger partial charge on any atom is 0.314 e. The summed E-state index contributed by atoms with van der Waals surface area (Å²) in [5, 5.41) is 10.9. The predicted octanol–water partition coefficient (Wildman–Crippen LogP) is 6.62. The fraction of sp³-hybridized carbons (Fsp3) is 0.875. The first-order valence-corrected chi connectivity index (χ1v) is 14.9. The van der Waals surface area contributed by atoms with Crippen molar-refractivity contribution in [2.24, 2.45) is 45.3 Å². The molecule has 4 aliphatic carbocycles. The summed E-state index contributed by atoms with van der Waals surface area (Å²) in [7, 11) is 0. The van der Waals surface area contributed by atoms with Crippen molar-refractivity contribution in [3.63, 3.8) is 0 Å². The third-order valence-corrected chi connectivity index (χ3v) is 12.3. The van der Waals surface area contributed by atoms with Crippen LogP contribution in [-0.2, 0) is 19.1 Å². The van der Waals surface area contributed by atoms with E-state index < -0.39 is 11.0 Å². The van der Waals surface area contributed by atoms with Crippen molar-refractivity contribution in [2.45, 2.75) is 131 Å². The van der Waals surface area contributed by atoms with E-state index in [4.69, 9.17) is 9.47 Å². The highest BCUT2D eigenvalue weighted by atomic mass is 16.6. The Morgan fingerprint density at radius 3 is 2.51 bits per heavy atom. The number of rotatable bonds is 5. The quantitative estimate of drug-likeness (QED) is 0.330. The lowest BCUT2D eigenvalue weighted by Crippen LogP contribution is -2.59. The molecule has 1 saturated heterocycles. The summed E-state index contributed by atoms with van der Waals surface area (Å²) in [5.74, 6) is 0.941. The molecule has 4 fully saturated rings. The second-order valence-electron chi connectivity index (χ2n) is 15.0. The predicted molar refractivity (Wildman–Crippen MR) is 143 cm³/mol. The average molecular weight is 515 g/mol. The van der Waals surface area contributed by atoms with Gasteiger partial charge in [-0.3, -0.25) is 9.59 Å². The van der Waals surface area contributed by atoms with Gasteiger partial charge in [0.05, 0.1) is 17.4 Å². The molecule has 1 aliphatic heterocycles. The van der Waals surface area contributed by atoms with Crippen LogP contribution < -0.4 is 0 Å². The number of fused-ring (bicyclic) bond motifs is 4. The second-order valence-corrected chi connectivity index (χ2v) is 15.0. The Kier molecular flexibility index (Phi) is 6.30. The van der Waals surface area contributed by atoms with Gasteiger partial charge in [-0.2, -0.15) is 0 Å². The van der Waals surface area contributed by atoms with Crippen molar-refractivity contribution in [3.05, 3.63) is 11.6 Å². The molecule has 0 amide bonds. The van der Waals surface area contributed by atoms with Gasteiger partial charge in [-0.15, -0.1) is 0 Å². The average Bonchev–Trinajstić information content (AvgIpc) is 3.17. The highest BCUT2D eigenvalue weighted by molar-refractivity contribution is 5.84. The second kappa shape index (κ2) is 8.57. The molecule has 9 atom stereocenters. The van der Waals surface area contributed by atoms with Crippen LogP contribution in [0.3, 0.4) is 0 Å². The van der Waals surface area contributed by atoms with Crippen LogP contribution in [0, 0.1) is 45.3 Å². The molecular weight excluding hydrogens is 464 g/mol. The number of carbonyl (C=O) groups excluding carboxylic acids is 2. The lowest BCUT2D eigenvalue weighted by atomic mass is 9.41. The van der Waals surface area contributed by atoms with Gasteiger partial charge < -0.3 is 14.6 Å². The molecule has 0 aromatic heterocycles. The molecule has 5 rings (SSSR count). The number of aliphatic hydroxyl groups is 1. The van der Waals surface area contributed by atoms with Crippen molar-refractivity contribution in [2.75, 3.05) is 0 Å². The molecule has 0 bridgehead atoms. The summed E-state index contributed by atoms with van der Waals surface area (Å²) in [5.41, 5.74) is -0.278. The molecule has 5 aliphatic rings. The van der Waals surface area contributed by atoms with E-state index in [1.165, 1.54) is 12.5 Å². The van der Waals surface area contributed by atoms with E-state index in [0.29, 0.717) is 24.2 Å². The third-order valence-electron chi connectivity index (χ3n) is 12.3. The summed E-state index contributed by atoms with van der Waals surface area (Å²) in [4.78, 5) is 26.5. The molecule has 1 heterocycles. The van der Waals surface area contributed by atoms with Crippen molar-refractivity contribution in [1.82, 2.24) is 0 Å². The van der Waals surface area contributed by atoms with Crippen molar-refractivity contribution < 1.29 is 24.2 Å². The van der Waals surface area contributed by atoms with Crippen LogP contribution in [0.1, 0.15) is 113 Å². The molecule has 0 radical (unpaired) electrons. The SMILES string of the molecule is CC(=O)O[C@@H]1C[C@]2(C)C3=CC[C@H]4C(C)(C)[C@@H](O)CC[C@]4(C)[C@@H]3CC[C@]23C(=O)O[C@@](C)(CCCC(C)C)[C@@H]13. The summed E-state index contributed by atoms with van der Waals surface area (Å²) in [6.45, 7) is 17.3. The summed E-state index contributed by atoms with van der Waals surface area (Å²) < 4.78 is 12.5. The van der Waals surface area contributed by atoms with Crippen molar-refractivity contribution in [1.29, 1.82) is 0 Å². The summed E-state index contributed by atoms with van der Waals surface area (Å²) >= 11 is 0. The Morgan fingerprint density at radius 2 is 1.86 bits per heavy atom. The van der Waals surface area contributed by atoms with Crippen molar-refractivity contribution in [3.8, 4) is 0 Å². The smallest absolute Gasteiger partial charge is 0.314 e.